The SMILES string of the molecule is O=C(CSc1nnnn1C1CC1)N1CCCC1CCCO. The molecule has 1 saturated carbocycles. The van der Waals surface area contributed by atoms with Gasteiger partial charge in [-0.15, -0.1) is 5.10 Å². The van der Waals surface area contributed by atoms with E-state index < -0.39 is 0 Å². The van der Waals surface area contributed by atoms with Crippen molar-refractivity contribution in [2.24, 2.45) is 0 Å². The van der Waals surface area contributed by atoms with Crippen molar-refractivity contribution in [3.8, 4) is 0 Å². The van der Waals surface area contributed by atoms with E-state index in [2.05, 4.69) is 15.5 Å². The lowest BCUT2D eigenvalue weighted by Crippen LogP contribution is -2.36. The first-order chi connectivity index (χ1) is 10.3. The third-order valence-electron chi connectivity index (χ3n) is 4.07. The molecule has 0 spiro atoms. The first kappa shape index (κ1) is 14.8. The molecule has 8 heteroatoms. The molecule has 2 heterocycles. The van der Waals surface area contributed by atoms with Gasteiger partial charge < -0.3 is 10.0 Å². The molecule has 21 heavy (non-hydrogen) atoms. The first-order valence-electron chi connectivity index (χ1n) is 7.60. The summed E-state index contributed by atoms with van der Waals surface area (Å²) in [6.45, 7) is 1.03. The third kappa shape index (κ3) is 3.55. The lowest BCUT2D eigenvalue weighted by molar-refractivity contribution is -0.129. The van der Waals surface area contributed by atoms with Crippen LogP contribution >= 0.6 is 11.8 Å². The molecular formula is C13H21N5O2S. The van der Waals surface area contributed by atoms with Crippen LogP contribution in [0.5, 0.6) is 0 Å². The number of aliphatic hydroxyl groups excluding tert-OH is 1. The molecule has 116 valence electrons. The second-order valence-electron chi connectivity index (χ2n) is 5.67. The van der Waals surface area contributed by atoms with E-state index in [-0.39, 0.29) is 12.5 Å². The zero-order valence-electron chi connectivity index (χ0n) is 12.0. The number of carbonyl (C=O) groups excluding carboxylic acids is 1. The summed E-state index contributed by atoms with van der Waals surface area (Å²) in [4.78, 5) is 14.3. The third-order valence-corrected chi connectivity index (χ3v) is 4.99. The molecule has 2 aliphatic rings. The van der Waals surface area contributed by atoms with E-state index in [9.17, 15) is 4.79 Å². The molecular weight excluding hydrogens is 290 g/mol. The molecule has 1 aliphatic heterocycles. The number of nitrogens with zero attached hydrogens (tertiary/aromatic N) is 5. The average Bonchev–Trinajstić information content (AvgIpc) is 3.05. The Bertz CT molecular complexity index is 491. The fourth-order valence-corrected chi connectivity index (χ4v) is 3.66. The van der Waals surface area contributed by atoms with E-state index in [1.807, 2.05) is 9.58 Å². The van der Waals surface area contributed by atoms with Gasteiger partial charge in [0, 0.05) is 19.2 Å². The number of hydrogen-bond acceptors (Lipinski definition) is 6. The van der Waals surface area contributed by atoms with Crippen LogP contribution in [0.4, 0.5) is 0 Å². The van der Waals surface area contributed by atoms with Crippen LogP contribution < -0.4 is 0 Å². The van der Waals surface area contributed by atoms with Gasteiger partial charge in [0.05, 0.1) is 11.8 Å². The van der Waals surface area contributed by atoms with Gasteiger partial charge in [-0.2, -0.15) is 0 Å². The van der Waals surface area contributed by atoms with Gasteiger partial charge in [-0.25, -0.2) is 4.68 Å². The van der Waals surface area contributed by atoms with Crippen molar-refractivity contribution in [2.45, 2.75) is 55.8 Å². The zero-order chi connectivity index (χ0) is 14.7. The van der Waals surface area contributed by atoms with Crippen LogP contribution in [0, 0.1) is 0 Å². The van der Waals surface area contributed by atoms with Crippen LogP contribution in [0.25, 0.3) is 0 Å². The number of thioether (sulfide) groups is 1. The summed E-state index contributed by atoms with van der Waals surface area (Å²) in [5.74, 6) is 0.550. The largest absolute Gasteiger partial charge is 0.396 e. The van der Waals surface area contributed by atoms with Gasteiger partial charge in [-0.1, -0.05) is 11.8 Å². The molecule has 0 bridgehead atoms. The summed E-state index contributed by atoms with van der Waals surface area (Å²) in [6.07, 6.45) is 6.03. The summed E-state index contributed by atoms with van der Waals surface area (Å²) in [7, 11) is 0. The summed E-state index contributed by atoms with van der Waals surface area (Å²) in [5, 5.41) is 21.4. The van der Waals surface area contributed by atoms with Crippen molar-refractivity contribution in [1.29, 1.82) is 0 Å². The Balaban J connectivity index is 1.52. The number of likely N-dealkylation sites (tertiary alicyclic amines) is 1. The van der Waals surface area contributed by atoms with E-state index in [4.69, 9.17) is 5.11 Å². The standard InChI is InChI=1S/C13H21N5O2S/c19-8-2-4-10-3-1-7-17(10)12(20)9-21-13-14-15-16-18(13)11-5-6-11/h10-11,19H,1-9H2. The summed E-state index contributed by atoms with van der Waals surface area (Å²) in [5.41, 5.74) is 0. The molecule has 1 aliphatic carbocycles. The van der Waals surface area contributed by atoms with Crippen molar-refractivity contribution < 1.29 is 9.90 Å². The highest BCUT2D eigenvalue weighted by atomic mass is 32.2. The molecule has 1 unspecified atom stereocenters. The van der Waals surface area contributed by atoms with Crippen LogP contribution in [-0.2, 0) is 4.79 Å². The molecule has 0 radical (unpaired) electrons. The van der Waals surface area contributed by atoms with Crippen LogP contribution in [-0.4, -0.2) is 61.1 Å². The number of rotatable bonds is 7. The van der Waals surface area contributed by atoms with Crippen molar-refractivity contribution in [3.05, 3.63) is 0 Å². The molecule has 1 aromatic heterocycles. The highest BCUT2D eigenvalue weighted by molar-refractivity contribution is 7.99. The van der Waals surface area contributed by atoms with E-state index in [1.54, 1.807) is 0 Å². The number of aromatic nitrogens is 4. The molecule has 1 N–H and O–H groups in total. The molecule has 1 amide bonds. The second kappa shape index (κ2) is 6.74. The Morgan fingerprint density at radius 1 is 1.38 bits per heavy atom. The smallest absolute Gasteiger partial charge is 0.233 e. The molecule has 1 aromatic rings. The average molecular weight is 311 g/mol. The Morgan fingerprint density at radius 3 is 3.00 bits per heavy atom. The van der Waals surface area contributed by atoms with Gasteiger partial charge in [0.25, 0.3) is 0 Å². The molecule has 1 atom stereocenters. The van der Waals surface area contributed by atoms with Gasteiger partial charge in [0.1, 0.15) is 0 Å². The minimum atomic E-state index is 0.158. The van der Waals surface area contributed by atoms with E-state index >= 15 is 0 Å². The topological polar surface area (TPSA) is 84.1 Å². The van der Waals surface area contributed by atoms with Crippen LogP contribution in [0.2, 0.25) is 0 Å². The minimum absolute atomic E-state index is 0.158. The Labute approximate surface area is 128 Å². The Kier molecular flexibility index (Phi) is 4.74. The summed E-state index contributed by atoms with van der Waals surface area (Å²) >= 11 is 1.43. The fourth-order valence-electron chi connectivity index (χ4n) is 2.83. The number of amides is 1. The van der Waals surface area contributed by atoms with Crippen molar-refractivity contribution in [3.63, 3.8) is 0 Å². The maximum absolute atomic E-state index is 12.4. The molecule has 0 aromatic carbocycles. The number of aliphatic hydroxyl groups is 1. The van der Waals surface area contributed by atoms with Crippen LogP contribution in [0.1, 0.15) is 44.6 Å². The minimum Gasteiger partial charge on any atom is -0.396 e. The summed E-state index contributed by atoms with van der Waals surface area (Å²) in [6, 6.07) is 0.728. The Hall–Kier alpha value is -1.15. The fraction of sp³-hybridized carbons (Fsp3) is 0.846. The maximum atomic E-state index is 12.4. The van der Waals surface area contributed by atoms with Crippen LogP contribution in [0.15, 0.2) is 5.16 Å². The molecule has 7 nitrogen and oxygen atoms in total. The van der Waals surface area contributed by atoms with Crippen molar-refractivity contribution >= 4 is 17.7 Å². The van der Waals surface area contributed by atoms with Crippen molar-refractivity contribution in [1.82, 2.24) is 25.1 Å². The molecule has 2 fully saturated rings. The molecule has 3 rings (SSSR count). The van der Waals surface area contributed by atoms with Gasteiger partial charge in [-0.3, -0.25) is 4.79 Å². The quantitative estimate of drug-likeness (QED) is 0.752. The van der Waals surface area contributed by atoms with Gasteiger partial charge in [-0.05, 0) is 49.0 Å². The van der Waals surface area contributed by atoms with E-state index in [1.165, 1.54) is 11.8 Å². The van der Waals surface area contributed by atoms with Gasteiger partial charge >= 0.3 is 0 Å². The lowest BCUT2D eigenvalue weighted by atomic mass is 10.1. The number of hydrogen-bond donors (Lipinski definition) is 1. The normalized spacial score (nSPS) is 22.0. The van der Waals surface area contributed by atoms with Gasteiger partial charge in [0.15, 0.2) is 0 Å². The van der Waals surface area contributed by atoms with Gasteiger partial charge in [0.2, 0.25) is 11.1 Å². The molecule has 1 saturated heterocycles. The van der Waals surface area contributed by atoms with Crippen LogP contribution in [0.3, 0.4) is 0 Å². The number of carbonyl (C=O) groups is 1. The first-order valence-corrected chi connectivity index (χ1v) is 8.59. The Morgan fingerprint density at radius 2 is 2.24 bits per heavy atom. The predicted octanol–water partition coefficient (Wildman–Crippen LogP) is 0.864. The highest BCUT2D eigenvalue weighted by Gasteiger charge is 2.30. The predicted molar refractivity (Wildman–Crippen MR) is 77.9 cm³/mol. The zero-order valence-corrected chi connectivity index (χ0v) is 12.8. The maximum Gasteiger partial charge on any atom is 0.233 e. The number of tetrazole rings is 1. The van der Waals surface area contributed by atoms with E-state index in [0.717, 1.165) is 50.2 Å². The summed E-state index contributed by atoms with van der Waals surface area (Å²) < 4.78 is 1.84. The highest BCUT2D eigenvalue weighted by Crippen LogP contribution is 2.36. The van der Waals surface area contributed by atoms with Crippen molar-refractivity contribution in [2.75, 3.05) is 18.9 Å². The van der Waals surface area contributed by atoms with E-state index in [0.29, 0.717) is 17.8 Å². The monoisotopic (exact) mass is 311 g/mol. The second-order valence-corrected chi connectivity index (χ2v) is 6.62. The lowest BCUT2D eigenvalue weighted by Gasteiger charge is -2.24.